The summed E-state index contributed by atoms with van der Waals surface area (Å²) in [7, 11) is -1.59. The minimum Gasteiger partial charge on any atom is -0.361 e. The molecule has 2 aromatic rings. The number of amides is 3. The van der Waals surface area contributed by atoms with Crippen molar-refractivity contribution < 1.29 is 37.2 Å². The van der Waals surface area contributed by atoms with Gasteiger partial charge in [-0.1, -0.05) is 39.8 Å². The standard InChI is InChI=1S/C32H43N5O5.CH4O3S/c1-17(2)12-25-29(39)36-11-7-10-26(36)32(41)37(25)30(40)31(42-32,18(3)4)34-28(38)20-13-22-21-8-6-9-23-27(21)19(15-33-23)14-24(22)35(5)16-20;1-5(2,3)4/h6,8-9,15,17-18,20,22,24-26,33,41H,7,10-14,16H2,1-5H3,(H,34,38);1H3,(H,2,3,4)/t20-,22?,24-,25+,26+,31-,32+;/m1./s1. The van der Waals surface area contributed by atoms with Crippen molar-refractivity contribution in [3.8, 4) is 0 Å². The zero-order valence-electron chi connectivity index (χ0n) is 27.9. The number of piperazine rings is 1. The quantitative estimate of drug-likeness (QED) is 0.347. The molecule has 13 nitrogen and oxygen atoms in total. The Morgan fingerprint density at radius 2 is 1.91 bits per heavy atom. The van der Waals surface area contributed by atoms with Crippen molar-refractivity contribution in [3.05, 3.63) is 35.5 Å². The molecule has 1 aromatic carbocycles. The smallest absolute Gasteiger partial charge is 0.281 e. The van der Waals surface area contributed by atoms with Crippen LogP contribution >= 0.6 is 0 Å². The molecular formula is C33H47N5O8S. The number of likely N-dealkylation sites (tertiary alicyclic amines) is 1. The third-order valence-corrected chi connectivity index (χ3v) is 10.7. The van der Waals surface area contributed by atoms with E-state index in [4.69, 9.17) is 9.29 Å². The zero-order valence-corrected chi connectivity index (χ0v) is 28.7. The Bertz CT molecular complexity index is 1680. The molecule has 5 heterocycles. The van der Waals surface area contributed by atoms with E-state index in [0.29, 0.717) is 38.6 Å². The number of rotatable bonds is 5. The number of carbonyl (C=O) groups excluding carboxylic acids is 3. The summed E-state index contributed by atoms with van der Waals surface area (Å²) in [6.07, 6.45) is 6.07. The molecule has 5 aliphatic rings. The van der Waals surface area contributed by atoms with Gasteiger partial charge in [0.1, 0.15) is 12.1 Å². The van der Waals surface area contributed by atoms with Crippen LogP contribution < -0.4 is 5.32 Å². The van der Waals surface area contributed by atoms with E-state index < -0.39 is 45.7 Å². The van der Waals surface area contributed by atoms with Gasteiger partial charge in [0.25, 0.3) is 21.9 Å². The maximum atomic E-state index is 14.4. The highest BCUT2D eigenvalue weighted by Gasteiger charge is 2.72. The van der Waals surface area contributed by atoms with Crippen molar-refractivity contribution in [2.24, 2.45) is 17.8 Å². The molecule has 7 atom stereocenters. The van der Waals surface area contributed by atoms with Crippen molar-refractivity contribution in [1.82, 2.24) is 25.0 Å². The van der Waals surface area contributed by atoms with Crippen molar-refractivity contribution in [1.29, 1.82) is 0 Å². The topological polar surface area (TPSA) is 173 Å². The van der Waals surface area contributed by atoms with Crippen LogP contribution in [0.2, 0.25) is 0 Å². The maximum Gasteiger partial charge on any atom is 0.281 e. The third kappa shape index (κ3) is 5.65. The fourth-order valence-electron chi connectivity index (χ4n) is 8.63. The number of aromatic nitrogens is 1. The van der Waals surface area contributed by atoms with Crippen LogP contribution in [-0.4, -0.2) is 112 Å². The molecule has 47 heavy (non-hydrogen) atoms. The van der Waals surface area contributed by atoms with E-state index in [1.54, 1.807) is 4.90 Å². The fourth-order valence-corrected chi connectivity index (χ4v) is 8.63. The number of carbonyl (C=O) groups is 3. The number of H-pyrrole nitrogens is 1. The van der Waals surface area contributed by atoms with Gasteiger partial charge in [-0.25, -0.2) is 0 Å². The first kappa shape index (κ1) is 33.8. The first-order valence-electron chi connectivity index (χ1n) is 16.6. The summed E-state index contributed by atoms with van der Waals surface area (Å²) in [5.41, 5.74) is 1.93. The SMILES string of the molecule is CC(C)C[C@H]1C(=O)N2CCC[C@H]2[C@]2(O)O[C@](NC(=O)[C@@H]3CC4c5cccc6[nH]cc(c56)C[C@H]4N(C)C3)(C(C)C)C(=O)N12.CS(=O)(=O)O. The normalized spacial score (nSPS) is 33.5. The highest BCUT2D eigenvalue weighted by Crippen LogP contribution is 2.49. The van der Waals surface area contributed by atoms with E-state index in [9.17, 15) is 27.9 Å². The van der Waals surface area contributed by atoms with Crippen LogP contribution in [-0.2, 0) is 35.7 Å². The minimum absolute atomic E-state index is 0.116. The number of fused-ring (bicyclic) bond motifs is 5. The molecule has 1 unspecified atom stereocenters. The van der Waals surface area contributed by atoms with Gasteiger partial charge >= 0.3 is 0 Å². The van der Waals surface area contributed by atoms with Gasteiger partial charge in [-0.2, -0.15) is 8.42 Å². The minimum atomic E-state index is -3.67. The van der Waals surface area contributed by atoms with Crippen LogP contribution in [0.1, 0.15) is 70.4 Å². The van der Waals surface area contributed by atoms with Crippen molar-refractivity contribution in [3.63, 3.8) is 0 Å². The number of nitrogens with zero attached hydrogens (tertiary/aromatic N) is 3. The van der Waals surface area contributed by atoms with Crippen LogP contribution in [0, 0.1) is 17.8 Å². The van der Waals surface area contributed by atoms with E-state index in [1.165, 1.54) is 21.4 Å². The summed E-state index contributed by atoms with van der Waals surface area (Å²) in [6, 6.07) is 5.13. The Labute approximate surface area is 275 Å². The summed E-state index contributed by atoms with van der Waals surface area (Å²) in [6.45, 7) is 8.73. The third-order valence-electron chi connectivity index (χ3n) is 10.7. The highest BCUT2D eigenvalue weighted by molar-refractivity contribution is 7.85. The van der Waals surface area contributed by atoms with Crippen LogP contribution in [0.5, 0.6) is 0 Å². The molecular weight excluding hydrogens is 626 g/mol. The van der Waals surface area contributed by atoms with Crippen molar-refractivity contribution in [2.45, 2.75) is 95.5 Å². The van der Waals surface area contributed by atoms with E-state index >= 15 is 0 Å². The maximum absolute atomic E-state index is 14.4. The van der Waals surface area contributed by atoms with E-state index in [-0.39, 0.29) is 35.6 Å². The van der Waals surface area contributed by atoms with Crippen LogP contribution in [0.15, 0.2) is 24.4 Å². The number of piperidine rings is 1. The lowest BCUT2D eigenvalue weighted by atomic mass is 9.72. The molecule has 0 spiro atoms. The fraction of sp³-hybridized carbons (Fsp3) is 0.667. The second-order valence-electron chi connectivity index (χ2n) is 14.7. The zero-order chi connectivity index (χ0) is 34.2. The van der Waals surface area contributed by atoms with Gasteiger partial charge < -0.3 is 25.2 Å². The summed E-state index contributed by atoms with van der Waals surface area (Å²) < 4.78 is 32.3. The lowest BCUT2D eigenvalue weighted by Gasteiger charge is -2.49. The average molecular weight is 674 g/mol. The number of aromatic amines is 1. The van der Waals surface area contributed by atoms with Crippen molar-refractivity contribution in [2.75, 3.05) is 26.4 Å². The second-order valence-corrected chi connectivity index (χ2v) is 16.2. The lowest BCUT2D eigenvalue weighted by Crippen LogP contribution is -2.71. The average Bonchev–Trinajstić information content (AvgIpc) is 3.68. The largest absolute Gasteiger partial charge is 0.361 e. The molecule has 4 saturated heterocycles. The molecule has 0 bridgehead atoms. The summed E-state index contributed by atoms with van der Waals surface area (Å²) in [5, 5.41) is 16.4. The summed E-state index contributed by atoms with van der Waals surface area (Å²) in [4.78, 5) is 50.8. The Morgan fingerprint density at radius 3 is 2.57 bits per heavy atom. The van der Waals surface area contributed by atoms with Crippen molar-refractivity contribution >= 4 is 38.7 Å². The van der Waals surface area contributed by atoms with Gasteiger partial charge in [-0.05, 0) is 62.3 Å². The molecule has 4 aliphatic heterocycles. The number of aliphatic hydroxyl groups is 1. The van der Waals surface area contributed by atoms with E-state index in [2.05, 4.69) is 46.6 Å². The van der Waals surface area contributed by atoms with Gasteiger partial charge in [0.15, 0.2) is 0 Å². The van der Waals surface area contributed by atoms with E-state index in [0.717, 1.165) is 18.4 Å². The molecule has 1 aliphatic carbocycles. The van der Waals surface area contributed by atoms with Gasteiger partial charge in [0, 0.05) is 48.1 Å². The van der Waals surface area contributed by atoms with E-state index in [1.807, 2.05) is 27.7 Å². The molecule has 14 heteroatoms. The molecule has 1 aromatic heterocycles. The number of hydrogen-bond donors (Lipinski definition) is 4. The monoisotopic (exact) mass is 673 g/mol. The number of nitrogens with one attached hydrogen (secondary N) is 2. The number of likely N-dealkylation sites (N-methyl/N-ethyl adjacent to an activating group) is 1. The number of ether oxygens (including phenoxy) is 1. The molecule has 258 valence electrons. The first-order chi connectivity index (χ1) is 22.0. The molecule has 0 radical (unpaired) electrons. The summed E-state index contributed by atoms with van der Waals surface area (Å²) >= 11 is 0. The predicted octanol–water partition coefficient (Wildman–Crippen LogP) is 2.02. The Kier molecular flexibility index (Phi) is 8.52. The van der Waals surface area contributed by atoms with Crippen LogP contribution in [0.4, 0.5) is 0 Å². The molecule has 4 N–H and O–H groups in total. The number of benzene rings is 1. The Balaban J connectivity index is 0.000000720. The summed E-state index contributed by atoms with van der Waals surface area (Å²) in [5.74, 6) is -3.48. The first-order valence-corrected chi connectivity index (χ1v) is 18.4. The van der Waals surface area contributed by atoms with Gasteiger partial charge in [0.2, 0.25) is 17.5 Å². The van der Waals surface area contributed by atoms with Crippen LogP contribution in [0.25, 0.3) is 10.9 Å². The molecule has 7 rings (SSSR count). The van der Waals surface area contributed by atoms with Gasteiger partial charge in [0.05, 0.1) is 12.2 Å². The number of hydrogen-bond acceptors (Lipinski definition) is 8. The van der Waals surface area contributed by atoms with Gasteiger partial charge in [-0.15, -0.1) is 0 Å². The Hall–Kier alpha value is -3.04. The predicted molar refractivity (Wildman–Crippen MR) is 173 cm³/mol. The lowest BCUT2D eigenvalue weighted by molar-refractivity contribution is -0.322. The molecule has 4 fully saturated rings. The second kappa shape index (κ2) is 11.8. The van der Waals surface area contributed by atoms with Crippen LogP contribution in [0.3, 0.4) is 0 Å². The molecule has 0 saturated carbocycles. The highest BCUT2D eigenvalue weighted by atomic mass is 32.2. The molecule has 3 amide bonds. The Morgan fingerprint density at radius 1 is 1.21 bits per heavy atom. The van der Waals surface area contributed by atoms with Gasteiger partial charge in [-0.3, -0.25) is 28.6 Å².